The van der Waals surface area contributed by atoms with Crippen molar-refractivity contribution >= 4 is 10.9 Å². The molecule has 0 spiro atoms. The number of pyridine rings is 1. The van der Waals surface area contributed by atoms with E-state index in [1.165, 1.54) is 0 Å². The minimum Gasteiger partial charge on any atom is -0.380 e. The molecule has 0 saturated heterocycles. The number of nitrogens with two attached hydrogens (primary N) is 1. The summed E-state index contributed by atoms with van der Waals surface area (Å²) in [4.78, 5) is 4.42. The predicted octanol–water partition coefficient (Wildman–Crippen LogP) is 1.77. The van der Waals surface area contributed by atoms with Crippen LogP contribution in [-0.2, 0) is 4.74 Å². The second kappa shape index (κ2) is 5.23. The number of nitrogens with one attached hydrogen (secondary N) is 1. The van der Waals surface area contributed by atoms with E-state index in [4.69, 9.17) is 10.6 Å². The monoisotopic (exact) mass is 231 g/mol. The van der Waals surface area contributed by atoms with Gasteiger partial charge in [-0.25, -0.2) is 0 Å². The van der Waals surface area contributed by atoms with Crippen molar-refractivity contribution in [2.24, 2.45) is 5.84 Å². The van der Waals surface area contributed by atoms with Crippen LogP contribution in [0.1, 0.15) is 18.5 Å². The molecule has 0 aliphatic carbocycles. The van der Waals surface area contributed by atoms with Crippen molar-refractivity contribution in [2.75, 3.05) is 7.11 Å². The molecule has 1 aromatic heterocycles. The Morgan fingerprint density at radius 2 is 2.06 bits per heavy atom. The summed E-state index contributed by atoms with van der Waals surface area (Å²) in [5, 5.41) is 1.11. The fourth-order valence-electron chi connectivity index (χ4n) is 1.99. The molecule has 4 heteroatoms. The Balaban J connectivity index is 2.53. The molecule has 0 saturated carbocycles. The van der Waals surface area contributed by atoms with Crippen LogP contribution < -0.4 is 11.3 Å². The molecule has 2 atom stereocenters. The van der Waals surface area contributed by atoms with Crippen LogP contribution in [0.15, 0.2) is 36.5 Å². The summed E-state index contributed by atoms with van der Waals surface area (Å²) >= 11 is 0. The van der Waals surface area contributed by atoms with Gasteiger partial charge in [-0.3, -0.25) is 16.3 Å². The minimum absolute atomic E-state index is 0.0207. The zero-order chi connectivity index (χ0) is 12.3. The van der Waals surface area contributed by atoms with E-state index in [0.717, 1.165) is 16.5 Å². The Morgan fingerprint density at radius 1 is 1.29 bits per heavy atom. The number of rotatable bonds is 4. The van der Waals surface area contributed by atoms with Gasteiger partial charge >= 0.3 is 0 Å². The molecule has 2 aromatic rings. The van der Waals surface area contributed by atoms with Crippen LogP contribution in [0.2, 0.25) is 0 Å². The van der Waals surface area contributed by atoms with Crippen LogP contribution in [-0.4, -0.2) is 18.2 Å². The fraction of sp³-hybridized carbons (Fsp3) is 0.308. The number of hydrogen-bond acceptors (Lipinski definition) is 4. The summed E-state index contributed by atoms with van der Waals surface area (Å²) in [5.41, 5.74) is 4.81. The van der Waals surface area contributed by atoms with Crippen LogP contribution in [0.25, 0.3) is 10.9 Å². The summed E-state index contributed by atoms with van der Waals surface area (Å²) in [6, 6.07) is 9.96. The van der Waals surface area contributed by atoms with E-state index in [1.54, 1.807) is 13.3 Å². The molecule has 0 bridgehead atoms. The average molecular weight is 231 g/mol. The van der Waals surface area contributed by atoms with Gasteiger partial charge in [0.25, 0.3) is 0 Å². The molecule has 0 amide bonds. The standard InChI is InChI=1S/C13H17N3O/c1-9(17-2)12(16-14)11-7-3-5-10-6-4-8-15-13(10)11/h3-9,12,16H,14H2,1-2H3. The van der Waals surface area contributed by atoms with E-state index in [-0.39, 0.29) is 12.1 Å². The maximum atomic E-state index is 5.61. The van der Waals surface area contributed by atoms with Crippen molar-refractivity contribution < 1.29 is 4.74 Å². The molecule has 0 radical (unpaired) electrons. The number of methoxy groups -OCH3 is 1. The number of ether oxygens (including phenoxy) is 1. The molecule has 3 N–H and O–H groups in total. The largest absolute Gasteiger partial charge is 0.380 e. The van der Waals surface area contributed by atoms with Crippen molar-refractivity contribution in [3.8, 4) is 0 Å². The normalized spacial score (nSPS) is 14.8. The van der Waals surface area contributed by atoms with Gasteiger partial charge in [0.15, 0.2) is 0 Å². The summed E-state index contributed by atoms with van der Waals surface area (Å²) < 4.78 is 5.34. The minimum atomic E-state index is -0.0707. The van der Waals surface area contributed by atoms with Gasteiger partial charge in [-0.1, -0.05) is 24.3 Å². The highest BCUT2D eigenvalue weighted by Gasteiger charge is 2.19. The van der Waals surface area contributed by atoms with E-state index >= 15 is 0 Å². The number of nitrogens with zero attached hydrogens (tertiary/aromatic N) is 1. The van der Waals surface area contributed by atoms with Crippen molar-refractivity contribution in [2.45, 2.75) is 19.1 Å². The molecular weight excluding hydrogens is 214 g/mol. The lowest BCUT2D eigenvalue weighted by molar-refractivity contribution is 0.0835. The first kappa shape index (κ1) is 12.0. The lowest BCUT2D eigenvalue weighted by Gasteiger charge is -2.23. The quantitative estimate of drug-likeness (QED) is 0.622. The second-order valence-corrected chi connectivity index (χ2v) is 4.01. The molecule has 17 heavy (non-hydrogen) atoms. The molecule has 2 unspecified atom stereocenters. The molecular formula is C13H17N3O. The highest BCUT2D eigenvalue weighted by atomic mass is 16.5. The molecule has 1 aromatic carbocycles. The third-order valence-electron chi connectivity index (χ3n) is 3.02. The van der Waals surface area contributed by atoms with Gasteiger partial charge in [-0.15, -0.1) is 0 Å². The molecule has 1 heterocycles. The number of benzene rings is 1. The van der Waals surface area contributed by atoms with Crippen LogP contribution >= 0.6 is 0 Å². The van der Waals surface area contributed by atoms with Crippen molar-refractivity contribution in [3.05, 3.63) is 42.1 Å². The van der Waals surface area contributed by atoms with Gasteiger partial charge in [0.1, 0.15) is 0 Å². The first-order chi connectivity index (χ1) is 8.27. The second-order valence-electron chi connectivity index (χ2n) is 4.01. The van der Waals surface area contributed by atoms with E-state index in [9.17, 15) is 0 Å². The molecule has 2 rings (SSSR count). The summed E-state index contributed by atoms with van der Waals surface area (Å²) in [5.74, 6) is 5.61. The number of para-hydroxylation sites is 1. The molecule has 0 fully saturated rings. The number of aromatic nitrogens is 1. The van der Waals surface area contributed by atoms with Crippen molar-refractivity contribution in [3.63, 3.8) is 0 Å². The number of hydrazine groups is 1. The molecule has 4 nitrogen and oxygen atoms in total. The highest BCUT2D eigenvalue weighted by Crippen LogP contribution is 2.25. The third kappa shape index (κ3) is 2.29. The maximum Gasteiger partial charge on any atom is 0.0751 e. The fourth-order valence-corrected chi connectivity index (χ4v) is 1.99. The first-order valence-electron chi connectivity index (χ1n) is 5.60. The van der Waals surface area contributed by atoms with Gasteiger partial charge in [-0.05, 0) is 18.6 Å². The molecule has 90 valence electrons. The van der Waals surface area contributed by atoms with Crippen LogP contribution in [0.4, 0.5) is 0 Å². The third-order valence-corrected chi connectivity index (χ3v) is 3.02. The van der Waals surface area contributed by atoms with Crippen molar-refractivity contribution in [1.29, 1.82) is 0 Å². The zero-order valence-corrected chi connectivity index (χ0v) is 10.1. The smallest absolute Gasteiger partial charge is 0.0751 e. The molecule has 0 aliphatic rings. The van der Waals surface area contributed by atoms with Gasteiger partial charge in [0.05, 0.1) is 17.7 Å². The number of hydrogen-bond donors (Lipinski definition) is 2. The van der Waals surface area contributed by atoms with Gasteiger partial charge in [-0.2, -0.15) is 0 Å². The zero-order valence-electron chi connectivity index (χ0n) is 10.1. The summed E-state index contributed by atoms with van der Waals surface area (Å²) in [7, 11) is 1.67. The summed E-state index contributed by atoms with van der Waals surface area (Å²) in [6.45, 7) is 1.98. The van der Waals surface area contributed by atoms with Gasteiger partial charge in [0, 0.05) is 18.7 Å². The van der Waals surface area contributed by atoms with Crippen LogP contribution in [0.3, 0.4) is 0 Å². The maximum absolute atomic E-state index is 5.61. The summed E-state index contributed by atoms with van der Waals surface area (Å²) in [6.07, 6.45) is 1.77. The van der Waals surface area contributed by atoms with Crippen LogP contribution in [0.5, 0.6) is 0 Å². The Morgan fingerprint density at radius 3 is 2.76 bits per heavy atom. The van der Waals surface area contributed by atoms with Crippen molar-refractivity contribution in [1.82, 2.24) is 10.4 Å². The lowest BCUT2D eigenvalue weighted by Crippen LogP contribution is -2.36. The Labute approximate surface area is 101 Å². The predicted molar refractivity (Wildman–Crippen MR) is 68.3 cm³/mol. The Kier molecular flexibility index (Phi) is 3.68. The van der Waals surface area contributed by atoms with E-state index in [1.807, 2.05) is 37.3 Å². The SMILES string of the molecule is COC(C)C(NN)c1cccc2cccnc12. The first-order valence-corrected chi connectivity index (χ1v) is 5.60. The Hall–Kier alpha value is -1.49. The van der Waals surface area contributed by atoms with E-state index < -0.39 is 0 Å². The van der Waals surface area contributed by atoms with E-state index in [2.05, 4.69) is 10.4 Å². The Bertz CT molecular complexity index is 495. The topological polar surface area (TPSA) is 60.2 Å². The van der Waals surface area contributed by atoms with Gasteiger partial charge in [0.2, 0.25) is 0 Å². The highest BCUT2D eigenvalue weighted by molar-refractivity contribution is 5.82. The lowest BCUT2D eigenvalue weighted by atomic mass is 9.99. The number of fused-ring (bicyclic) bond motifs is 1. The van der Waals surface area contributed by atoms with Crippen LogP contribution in [0, 0.1) is 0 Å². The average Bonchev–Trinajstić information content (AvgIpc) is 2.39. The van der Waals surface area contributed by atoms with E-state index in [0.29, 0.717) is 0 Å². The molecule has 0 aliphatic heterocycles. The van der Waals surface area contributed by atoms with Gasteiger partial charge < -0.3 is 4.74 Å².